The molecule has 2 N–H and O–H groups in total. The summed E-state index contributed by atoms with van der Waals surface area (Å²) in [5.74, 6) is -1.22. The average Bonchev–Trinajstić information content (AvgIpc) is 3.68. The second kappa shape index (κ2) is 9.81. The number of benzene rings is 3. The van der Waals surface area contributed by atoms with Gasteiger partial charge in [0, 0.05) is 17.5 Å². The van der Waals surface area contributed by atoms with E-state index in [2.05, 4.69) is 14.8 Å². The fraction of sp³-hybridized carbons (Fsp3) is 0.258. The number of halogens is 2. The molecule has 1 aliphatic heterocycles. The number of fused-ring (bicyclic) bond motifs is 2. The SMILES string of the molecule is CN(C)CCc1c(C(=O)O)cccc1-c1nc(NC(=O)C2(c3ccc4c(c3)OC(F)(F)O4)CC2)cc2ccccc12. The van der Waals surface area contributed by atoms with Crippen molar-refractivity contribution < 1.29 is 33.0 Å². The number of hydrogen-bond acceptors (Lipinski definition) is 6. The van der Waals surface area contributed by atoms with Gasteiger partial charge in [-0.3, -0.25) is 4.79 Å². The lowest BCUT2D eigenvalue weighted by molar-refractivity contribution is -0.286. The van der Waals surface area contributed by atoms with Crippen LogP contribution in [0.1, 0.15) is 34.3 Å². The maximum Gasteiger partial charge on any atom is 0.586 e. The lowest BCUT2D eigenvalue weighted by atomic mass is 9.93. The maximum absolute atomic E-state index is 13.6. The van der Waals surface area contributed by atoms with E-state index in [9.17, 15) is 23.5 Å². The molecule has 1 aliphatic carbocycles. The molecule has 1 aromatic heterocycles. The lowest BCUT2D eigenvalue weighted by Crippen LogP contribution is -2.28. The van der Waals surface area contributed by atoms with Gasteiger partial charge < -0.3 is 24.8 Å². The summed E-state index contributed by atoms with van der Waals surface area (Å²) in [6, 6.07) is 18.9. The van der Waals surface area contributed by atoms with Crippen molar-refractivity contribution in [2.45, 2.75) is 31.0 Å². The highest BCUT2D eigenvalue weighted by Gasteiger charge is 2.53. The van der Waals surface area contributed by atoms with Crippen molar-refractivity contribution in [3.63, 3.8) is 0 Å². The molecular weight excluding hydrogens is 532 g/mol. The van der Waals surface area contributed by atoms with Crippen LogP contribution in [-0.2, 0) is 16.6 Å². The van der Waals surface area contributed by atoms with E-state index >= 15 is 0 Å². The van der Waals surface area contributed by atoms with Crippen molar-refractivity contribution in [2.24, 2.45) is 0 Å². The number of aromatic nitrogens is 1. The number of likely N-dealkylation sites (N-methyl/N-ethyl adjacent to an activating group) is 1. The summed E-state index contributed by atoms with van der Waals surface area (Å²) in [5, 5.41) is 14.5. The van der Waals surface area contributed by atoms with Crippen LogP contribution in [0.4, 0.5) is 14.6 Å². The van der Waals surface area contributed by atoms with E-state index in [0.717, 1.165) is 10.8 Å². The predicted molar refractivity (Wildman–Crippen MR) is 149 cm³/mol. The first-order valence-electron chi connectivity index (χ1n) is 13.2. The van der Waals surface area contributed by atoms with Crippen molar-refractivity contribution in [3.05, 3.63) is 83.4 Å². The van der Waals surface area contributed by atoms with Crippen molar-refractivity contribution in [3.8, 4) is 22.8 Å². The quantitative estimate of drug-likeness (QED) is 0.286. The van der Waals surface area contributed by atoms with E-state index in [4.69, 9.17) is 4.98 Å². The van der Waals surface area contributed by atoms with Gasteiger partial charge >= 0.3 is 12.3 Å². The molecule has 4 aromatic rings. The molecule has 0 radical (unpaired) electrons. The summed E-state index contributed by atoms with van der Waals surface area (Å²) in [7, 11) is 3.85. The molecule has 2 heterocycles. The molecule has 1 saturated carbocycles. The van der Waals surface area contributed by atoms with Gasteiger partial charge in [0.2, 0.25) is 5.91 Å². The molecule has 1 fully saturated rings. The zero-order chi connectivity index (χ0) is 28.9. The molecule has 0 saturated heterocycles. The largest absolute Gasteiger partial charge is 0.586 e. The van der Waals surface area contributed by atoms with E-state index in [0.29, 0.717) is 54.0 Å². The summed E-state index contributed by atoms with van der Waals surface area (Å²) in [5.41, 5.74) is 1.74. The number of rotatable bonds is 8. The molecule has 41 heavy (non-hydrogen) atoms. The molecule has 2 aliphatic rings. The summed E-state index contributed by atoms with van der Waals surface area (Å²) in [4.78, 5) is 32.6. The van der Waals surface area contributed by atoms with Gasteiger partial charge in [-0.1, -0.05) is 42.5 Å². The number of amides is 1. The number of alkyl halides is 2. The Balaban J connectivity index is 1.38. The highest BCUT2D eigenvalue weighted by Crippen LogP contribution is 2.52. The zero-order valence-electron chi connectivity index (χ0n) is 22.4. The molecule has 0 unspecified atom stereocenters. The number of carboxylic acids is 1. The number of hydrogen-bond donors (Lipinski definition) is 2. The molecule has 10 heteroatoms. The number of pyridine rings is 1. The van der Waals surface area contributed by atoms with Crippen LogP contribution in [0.15, 0.2) is 66.7 Å². The van der Waals surface area contributed by atoms with Crippen LogP contribution in [0.3, 0.4) is 0 Å². The smallest absolute Gasteiger partial charge is 0.478 e. The number of anilines is 1. The summed E-state index contributed by atoms with van der Waals surface area (Å²) >= 11 is 0. The van der Waals surface area contributed by atoms with Crippen LogP contribution in [0.5, 0.6) is 11.5 Å². The van der Waals surface area contributed by atoms with Crippen LogP contribution >= 0.6 is 0 Å². The Morgan fingerprint density at radius 2 is 1.76 bits per heavy atom. The van der Waals surface area contributed by atoms with Gasteiger partial charge in [-0.05, 0) is 74.1 Å². The Morgan fingerprint density at radius 3 is 2.49 bits per heavy atom. The van der Waals surface area contributed by atoms with Crippen LogP contribution in [-0.4, -0.2) is 53.8 Å². The minimum absolute atomic E-state index is 0.0792. The Hall–Kier alpha value is -4.57. The van der Waals surface area contributed by atoms with Crippen molar-refractivity contribution in [1.29, 1.82) is 0 Å². The number of carbonyl (C=O) groups is 2. The molecule has 0 spiro atoms. The fourth-order valence-corrected chi connectivity index (χ4v) is 5.34. The first kappa shape index (κ1) is 26.6. The molecule has 0 atom stereocenters. The van der Waals surface area contributed by atoms with E-state index in [1.165, 1.54) is 12.1 Å². The molecule has 6 rings (SSSR count). The molecule has 0 bridgehead atoms. The molecular formula is C31H27F2N3O5. The molecule has 3 aromatic carbocycles. The van der Waals surface area contributed by atoms with Gasteiger partial charge in [-0.2, -0.15) is 0 Å². The summed E-state index contributed by atoms with van der Waals surface area (Å²) in [6.45, 7) is 0.635. The number of carbonyl (C=O) groups excluding carboxylic acids is 1. The topological polar surface area (TPSA) is 101 Å². The maximum atomic E-state index is 13.6. The van der Waals surface area contributed by atoms with Gasteiger partial charge in [-0.25, -0.2) is 9.78 Å². The minimum Gasteiger partial charge on any atom is -0.478 e. The highest BCUT2D eigenvalue weighted by atomic mass is 19.3. The average molecular weight is 560 g/mol. The lowest BCUT2D eigenvalue weighted by Gasteiger charge is -2.19. The van der Waals surface area contributed by atoms with Gasteiger partial charge in [-0.15, -0.1) is 8.78 Å². The van der Waals surface area contributed by atoms with Gasteiger partial charge in [0.05, 0.1) is 16.7 Å². The number of carboxylic acid groups (broad SMARTS) is 1. The minimum atomic E-state index is -3.74. The van der Waals surface area contributed by atoms with Crippen LogP contribution in [0.25, 0.3) is 22.0 Å². The number of aromatic carboxylic acids is 1. The highest BCUT2D eigenvalue weighted by molar-refractivity contribution is 6.04. The normalized spacial score (nSPS) is 16.1. The molecule has 210 valence electrons. The monoisotopic (exact) mass is 559 g/mol. The Bertz CT molecular complexity index is 1700. The molecule has 8 nitrogen and oxygen atoms in total. The second-order valence-electron chi connectivity index (χ2n) is 10.6. The third-order valence-corrected chi connectivity index (χ3v) is 7.59. The number of nitrogens with one attached hydrogen (secondary N) is 1. The van der Waals surface area contributed by atoms with Crippen LogP contribution in [0, 0.1) is 0 Å². The third-order valence-electron chi connectivity index (χ3n) is 7.59. The Kier molecular flexibility index (Phi) is 6.37. The summed E-state index contributed by atoms with van der Waals surface area (Å²) in [6.07, 6.45) is -2.19. The first-order chi connectivity index (χ1) is 19.6. The Labute approximate surface area is 234 Å². The fourth-order valence-electron chi connectivity index (χ4n) is 5.34. The zero-order valence-corrected chi connectivity index (χ0v) is 22.4. The van der Waals surface area contributed by atoms with Crippen molar-refractivity contribution in [1.82, 2.24) is 9.88 Å². The van der Waals surface area contributed by atoms with Crippen molar-refractivity contribution in [2.75, 3.05) is 26.0 Å². The Morgan fingerprint density at radius 1 is 1.00 bits per heavy atom. The number of nitrogens with zero attached hydrogens (tertiary/aromatic N) is 2. The van der Waals surface area contributed by atoms with E-state index in [1.807, 2.05) is 49.3 Å². The first-order valence-corrected chi connectivity index (χ1v) is 13.2. The van der Waals surface area contributed by atoms with Crippen LogP contribution < -0.4 is 14.8 Å². The predicted octanol–water partition coefficient (Wildman–Crippen LogP) is 5.70. The number of ether oxygens (including phenoxy) is 2. The second-order valence-corrected chi connectivity index (χ2v) is 10.6. The van der Waals surface area contributed by atoms with Crippen LogP contribution in [0.2, 0.25) is 0 Å². The van der Waals surface area contributed by atoms with Gasteiger partial charge in [0.25, 0.3) is 0 Å². The standard InChI is InChI=1S/C31H27F2N3O5/c1-36(2)15-12-21-22(8-5-9-23(21)28(37)38)27-20-7-4-3-6-18(20)16-26(34-27)35-29(39)30(13-14-30)19-10-11-24-25(17-19)41-31(32,33)40-24/h3-11,16-17H,12-15H2,1-2H3,(H,37,38)(H,34,35,39). The molecule has 1 amide bonds. The van der Waals surface area contributed by atoms with E-state index in [1.54, 1.807) is 24.3 Å². The summed E-state index contributed by atoms with van der Waals surface area (Å²) < 4.78 is 36.2. The van der Waals surface area contributed by atoms with Gasteiger partial charge in [0.15, 0.2) is 11.5 Å². The van der Waals surface area contributed by atoms with E-state index < -0.39 is 17.7 Å². The van der Waals surface area contributed by atoms with Crippen molar-refractivity contribution >= 4 is 28.5 Å². The third kappa shape index (κ3) is 4.95. The van der Waals surface area contributed by atoms with E-state index in [-0.39, 0.29) is 23.0 Å². The van der Waals surface area contributed by atoms with Gasteiger partial charge in [0.1, 0.15) is 5.82 Å².